The van der Waals surface area contributed by atoms with Crippen LogP contribution in [0.3, 0.4) is 0 Å². The van der Waals surface area contributed by atoms with Crippen LogP contribution in [0.2, 0.25) is 0 Å². The number of hydrogen-bond donors (Lipinski definition) is 1. The van der Waals surface area contributed by atoms with Crippen molar-refractivity contribution in [1.29, 1.82) is 0 Å². The molecule has 0 aromatic carbocycles. The first-order valence-corrected chi connectivity index (χ1v) is 3.98. The topological polar surface area (TPSA) is 47.6 Å². The van der Waals surface area contributed by atoms with Crippen molar-refractivity contribution in [2.45, 2.75) is 18.9 Å². The fourth-order valence-electron chi connectivity index (χ4n) is 1.03. The predicted molar refractivity (Wildman–Crippen MR) is 39.4 cm³/mol. The van der Waals surface area contributed by atoms with Crippen LogP contribution in [0.25, 0.3) is 0 Å². The van der Waals surface area contributed by atoms with E-state index in [1.54, 1.807) is 0 Å². The van der Waals surface area contributed by atoms with Gasteiger partial charge in [-0.05, 0) is 0 Å². The first-order chi connectivity index (χ1) is 6.33. The van der Waals surface area contributed by atoms with Crippen LogP contribution in [0, 0.1) is 0 Å². The number of halogens is 3. The van der Waals surface area contributed by atoms with E-state index in [1.807, 2.05) is 0 Å². The first kappa shape index (κ1) is 11.3. The van der Waals surface area contributed by atoms with Gasteiger partial charge in [-0.15, -0.1) is 0 Å². The molecule has 0 amide bonds. The number of carbonyl (C=O) groups excluding carboxylic acids is 1. The predicted octanol–water partition coefficient (Wildman–Crippen LogP) is 0.428. The lowest BCUT2D eigenvalue weighted by Gasteiger charge is -2.33. The molecule has 1 aliphatic rings. The molecule has 0 radical (unpaired) electrons. The third-order valence-corrected chi connectivity index (χ3v) is 1.67. The van der Waals surface area contributed by atoms with E-state index in [1.165, 1.54) is 6.92 Å². The summed E-state index contributed by atoms with van der Waals surface area (Å²) in [5.74, 6) is -3.76. The highest BCUT2D eigenvalue weighted by atomic mass is 19.4. The Kier molecular flexibility index (Phi) is 3.01. The molecule has 1 heterocycles. The molecule has 1 saturated heterocycles. The Bertz CT molecular complexity index is 223. The molecule has 1 N–H and O–H groups in total. The number of esters is 1. The zero-order valence-electron chi connectivity index (χ0n) is 7.48. The quantitative estimate of drug-likeness (QED) is 0.641. The first-order valence-electron chi connectivity index (χ1n) is 3.98. The number of alkyl halides is 3. The van der Waals surface area contributed by atoms with Gasteiger partial charge >= 0.3 is 12.1 Å². The number of hydrogen-bond acceptors (Lipinski definition) is 4. The van der Waals surface area contributed by atoms with E-state index in [0.717, 1.165) is 0 Å². The molecule has 14 heavy (non-hydrogen) atoms. The molecule has 0 saturated carbocycles. The van der Waals surface area contributed by atoms with Gasteiger partial charge in [0.1, 0.15) is 0 Å². The van der Waals surface area contributed by atoms with Gasteiger partial charge in [-0.3, -0.25) is 0 Å². The van der Waals surface area contributed by atoms with E-state index in [0.29, 0.717) is 6.54 Å². The molecule has 1 rings (SSSR count). The highest BCUT2D eigenvalue weighted by Crippen LogP contribution is 2.22. The van der Waals surface area contributed by atoms with Crippen molar-refractivity contribution in [3.05, 3.63) is 0 Å². The van der Waals surface area contributed by atoms with Gasteiger partial charge in [-0.2, -0.15) is 13.2 Å². The van der Waals surface area contributed by atoms with Gasteiger partial charge in [0.15, 0.2) is 0 Å². The van der Waals surface area contributed by atoms with Crippen LogP contribution in [-0.4, -0.2) is 37.6 Å². The van der Waals surface area contributed by atoms with Crippen LogP contribution >= 0.6 is 0 Å². The van der Waals surface area contributed by atoms with Crippen LogP contribution in [-0.2, 0) is 14.3 Å². The standard InChI is InChI=1S/C7H10F3NO3/c1-6(4-11-2-3-13-6)14-5(12)7(8,9)10/h11H,2-4H2,1H3. The fraction of sp³-hybridized carbons (Fsp3) is 0.857. The molecule has 1 fully saturated rings. The Balaban J connectivity index is 2.54. The van der Waals surface area contributed by atoms with E-state index in [9.17, 15) is 18.0 Å². The van der Waals surface area contributed by atoms with Crippen molar-refractivity contribution in [3.63, 3.8) is 0 Å². The van der Waals surface area contributed by atoms with E-state index < -0.39 is 17.9 Å². The lowest BCUT2D eigenvalue weighted by Crippen LogP contribution is -2.51. The summed E-state index contributed by atoms with van der Waals surface area (Å²) in [5.41, 5.74) is 0. The summed E-state index contributed by atoms with van der Waals surface area (Å²) < 4.78 is 44.6. The van der Waals surface area contributed by atoms with Crippen LogP contribution in [0.15, 0.2) is 0 Å². The number of carbonyl (C=O) groups is 1. The highest BCUT2D eigenvalue weighted by Gasteiger charge is 2.45. The Hall–Kier alpha value is -0.820. The SMILES string of the molecule is CC1(OC(=O)C(F)(F)F)CNCCO1. The van der Waals surface area contributed by atoms with Gasteiger partial charge in [0.2, 0.25) is 5.79 Å². The third kappa shape index (κ3) is 2.85. The number of rotatable bonds is 1. The van der Waals surface area contributed by atoms with Gasteiger partial charge in [-0.25, -0.2) is 4.79 Å². The number of ether oxygens (including phenoxy) is 2. The second-order valence-corrected chi connectivity index (χ2v) is 3.05. The normalized spacial score (nSPS) is 28.6. The van der Waals surface area contributed by atoms with Crippen LogP contribution in [0.4, 0.5) is 13.2 Å². The second-order valence-electron chi connectivity index (χ2n) is 3.05. The Morgan fingerprint density at radius 2 is 2.21 bits per heavy atom. The summed E-state index contributed by atoms with van der Waals surface area (Å²) in [6.45, 7) is 2.07. The molecule has 1 unspecified atom stereocenters. The molecule has 7 heteroatoms. The van der Waals surface area contributed by atoms with Gasteiger partial charge in [0.25, 0.3) is 0 Å². The number of nitrogens with one attached hydrogen (secondary N) is 1. The molecule has 1 aliphatic heterocycles. The lowest BCUT2D eigenvalue weighted by molar-refractivity contribution is -0.260. The fourth-order valence-corrected chi connectivity index (χ4v) is 1.03. The molecule has 4 nitrogen and oxygen atoms in total. The average Bonchev–Trinajstić information content (AvgIpc) is 2.02. The van der Waals surface area contributed by atoms with Gasteiger partial charge in [0.05, 0.1) is 13.2 Å². The van der Waals surface area contributed by atoms with E-state index in [4.69, 9.17) is 4.74 Å². The molecule has 0 aliphatic carbocycles. The maximum atomic E-state index is 11.8. The Morgan fingerprint density at radius 1 is 1.57 bits per heavy atom. The minimum Gasteiger partial charge on any atom is -0.425 e. The Labute approximate surface area is 78.4 Å². The van der Waals surface area contributed by atoms with Crippen molar-refractivity contribution < 1.29 is 27.4 Å². The summed E-state index contributed by atoms with van der Waals surface area (Å²) in [5, 5.41) is 2.76. The van der Waals surface area contributed by atoms with Gasteiger partial charge < -0.3 is 14.8 Å². The number of morpholine rings is 1. The maximum Gasteiger partial charge on any atom is 0.491 e. The molecule has 1 atom stereocenters. The summed E-state index contributed by atoms with van der Waals surface area (Å²) >= 11 is 0. The van der Waals surface area contributed by atoms with E-state index in [-0.39, 0.29) is 13.2 Å². The van der Waals surface area contributed by atoms with Crippen molar-refractivity contribution >= 4 is 5.97 Å². The Morgan fingerprint density at radius 3 is 2.64 bits per heavy atom. The van der Waals surface area contributed by atoms with Crippen LogP contribution < -0.4 is 5.32 Å². The largest absolute Gasteiger partial charge is 0.491 e. The molecule has 0 spiro atoms. The minimum atomic E-state index is -4.98. The van der Waals surface area contributed by atoms with Crippen LogP contribution in [0.5, 0.6) is 0 Å². The monoisotopic (exact) mass is 213 g/mol. The van der Waals surface area contributed by atoms with Crippen molar-refractivity contribution in [3.8, 4) is 0 Å². The third-order valence-electron chi connectivity index (χ3n) is 1.67. The zero-order chi connectivity index (χ0) is 10.8. The summed E-state index contributed by atoms with van der Waals surface area (Å²) in [4.78, 5) is 10.5. The van der Waals surface area contributed by atoms with E-state index >= 15 is 0 Å². The van der Waals surface area contributed by atoms with Gasteiger partial charge in [-0.1, -0.05) is 0 Å². The second kappa shape index (κ2) is 3.74. The molecule has 0 aromatic rings. The maximum absolute atomic E-state index is 11.8. The molecular weight excluding hydrogens is 203 g/mol. The molecule has 0 aromatic heterocycles. The van der Waals surface area contributed by atoms with Crippen molar-refractivity contribution in [2.75, 3.05) is 19.7 Å². The summed E-state index contributed by atoms with van der Waals surface area (Å²) in [6.07, 6.45) is -4.98. The molecule has 0 bridgehead atoms. The highest BCUT2D eigenvalue weighted by molar-refractivity contribution is 5.75. The summed E-state index contributed by atoms with van der Waals surface area (Å²) in [6, 6.07) is 0. The average molecular weight is 213 g/mol. The van der Waals surface area contributed by atoms with Gasteiger partial charge in [0, 0.05) is 13.5 Å². The molecule has 82 valence electrons. The molecular formula is C7H10F3NO3. The minimum absolute atomic E-state index is 0.0504. The van der Waals surface area contributed by atoms with Crippen molar-refractivity contribution in [1.82, 2.24) is 5.32 Å². The lowest BCUT2D eigenvalue weighted by atomic mass is 10.3. The van der Waals surface area contributed by atoms with E-state index in [2.05, 4.69) is 10.1 Å². The summed E-state index contributed by atoms with van der Waals surface area (Å²) in [7, 11) is 0. The van der Waals surface area contributed by atoms with Crippen LogP contribution in [0.1, 0.15) is 6.92 Å². The van der Waals surface area contributed by atoms with Crippen molar-refractivity contribution in [2.24, 2.45) is 0 Å². The zero-order valence-corrected chi connectivity index (χ0v) is 7.48. The smallest absolute Gasteiger partial charge is 0.425 e.